The van der Waals surface area contributed by atoms with Crippen molar-refractivity contribution in [2.45, 2.75) is 53.5 Å². The number of halogens is 2. The van der Waals surface area contributed by atoms with Gasteiger partial charge in [-0.25, -0.2) is 23.5 Å². The fraction of sp³-hybridized carbons (Fsp3) is 0.500. The van der Waals surface area contributed by atoms with E-state index in [0.717, 1.165) is 11.0 Å². The molecule has 1 N–H and O–H groups in total. The number of anilines is 1. The number of carboxylic acid groups (broad SMARTS) is 1. The van der Waals surface area contributed by atoms with Crippen LogP contribution in [0, 0.1) is 28.4 Å². The average Bonchev–Trinajstić information content (AvgIpc) is 2.97. The van der Waals surface area contributed by atoms with E-state index < -0.39 is 46.9 Å². The van der Waals surface area contributed by atoms with E-state index in [-0.39, 0.29) is 23.4 Å². The Morgan fingerprint density at radius 1 is 1.27 bits per heavy atom. The molecule has 0 radical (unpaired) electrons. The largest absolute Gasteiger partial charge is 0.507 e. The fourth-order valence-corrected chi connectivity index (χ4v) is 2.97. The van der Waals surface area contributed by atoms with Gasteiger partial charge in [0.25, 0.3) is 0 Å². The monoisotopic (exact) mass is 422 g/mol. The standard InChI is InChI=1S/C20H24F2N4O4/c1-19(2,3)8-13(27)25(10-30-18(28)29)17-24-15-12(21)7-11(9-23)14(22)16(15)26(17)20(4,5)6/h7H,8,10H2,1-6H3,(H,28,29). The van der Waals surface area contributed by atoms with Crippen LogP contribution in [-0.4, -0.2) is 33.5 Å². The summed E-state index contributed by atoms with van der Waals surface area (Å²) in [5.41, 5.74) is -2.54. The summed E-state index contributed by atoms with van der Waals surface area (Å²) in [7, 11) is 0. The molecule has 0 atom stereocenters. The van der Waals surface area contributed by atoms with Crippen molar-refractivity contribution in [3.8, 4) is 6.07 Å². The minimum Gasteiger partial charge on any atom is -0.450 e. The Bertz CT molecular complexity index is 1040. The van der Waals surface area contributed by atoms with Gasteiger partial charge in [0.05, 0.1) is 5.56 Å². The van der Waals surface area contributed by atoms with E-state index in [2.05, 4.69) is 9.72 Å². The fourth-order valence-electron chi connectivity index (χ4n) is 2.97. The number of aromatic nitrogens is 2. The first-order valence-corrected chi connectivity index (χ1v) is 9.14. The summed E-state index contributed by atoms with van der Waals surface area (Å²) in [5, 5.41) is 18.0. The second-order valence-corrected chi connectivity index (χ2v) is 9.05. The van der Waals surface area contributed by atoms with Crippen molar-refractivity contribution in [3.63, 3.8) is 0 Å². The molecule has 10 heteroatoms. The predicted molar refractivity (Wildman–Crippen MR) is 105 cm³/mol. The van der Waals surface area contributed by atoms with Crippen LogP contribution < -0.4 is 4.90 Å². The Labute approximate surface area is 172 Å². The number of rotatable bonds is 4. The van der Waals surface area contributed by atoms with E-state index in [9.17, 15) is 14.0 Å². The highest BCUT2D eigenvalue weighted by Crippen LogP contribution is 2.35. The lowest BCUT2D eigenvalue weighted by atomic mass is 9.92. The van der Waals surface area contributed by atoms with Gasteiger partial charge in [0.2, 0.25) is 11.9 Å². The van der Waals surface area contributed by atoms with Gasteiger partial charge in [-0.05, 0) is 32.3 Å². The van der Waals surface area contributed by atoms with Gasteiger partial charge in [-0.3, -0.25) is 4.79 Å². The first-order chi connectivity index (χ1) is 13.7. The van der Waals surface area contributed by atoms with E-state index in [0.29, 0.717) is 0 Å². The first kappa shape index (κ1) is 23.1. The van der Waals surface area contributed by atoms with Crippen LogP contribution in [0.2, 0.25) is 0 Å². The summed E-state index contributed by atoms with van der Waals surface area (Å²) in [6, 6.07) is 2.33. The maximum absolute atomic E-state index is 15.0. The van der Waals surface area contributed by atoms with Crippen LogP contribution in [0.25, 0.3) is 11.0 Å². The number of carbonyl (C=O) groups is 2. The average molecular weight is 422 g/mol. The molecule has 2 rings (SSSR count). The Balaban J connectivity index is 2.84. The van der Waals surface area contributed by atoms with Gasteiger partial charge in [0.1, 0.15) is 17.1 Å². The number of carbonyl (C=O) groups excluding carboxylic acids is 1. The summed E-state index contributed by atoms with van der Waals surface area (Å²) in [5.74, 6) is -2.63. The molecule has 2 aromatic rings. The Morgan fingerprint density at radius 3 is 2.33 bits per heavy atom. The number of imidazole rings is 1. The Kier molecular flexibility index (Phi) is 6.07. The van der Waals surface area contributed by atoms with Gasteiger partial charge in [-0.15, -0.1) is 0 Å². The zero-order valence-electron chi connectivity index (χ0n) is 17.7. The molecule has 0 unspecified atom stereocenters. The third-order valence-electron chi connectivity index (χ3n) is 4.13. The molecule has 30 heavy (non-hydrogen) atoms. The molecule has 0 aliphatic heterocycles. The molecule has 0 aliphatic rings. The van der Waals surface area contributed by atoms with Crippen LogP contribution in [0.4, 0.5) is 19.5 Å². The van der Waals surface area contributed by atoms with Gasteiger partial charge in [0, 0.05) is 12.0 Å². The number of nitriles is 1. The smallest absolute Gasteiger partial charge is 0.450 e. The SMILES string of the molecule is CC(C)(C)CC(=O)N(COC(=O)O)c1nc2c(F)cc(C#N)c(F)c2n1C(C)(C)C. The number of amides is 1. The zero-order valence-corrected chi connectivity index (χ0v) is 17.7. The summed E-state index contributed by atoms with van der Waals surface area (Å²) in [6.45, 7) is 9.76. The summed E-state index contributed by atoms with van der Waals surface area (Å²) < 4.78 is 35.5. The topological polar surface area (TPSA) is 108 Å². The van der Waals surface area contributed by atoms with Crippen molar-refractivity contribution in [2.75, 3.05) is 11.6 Å². The minimum absolute atomic E-state index is 0.00225. The predicted octanol–water partition coefficient (Wildman–Crippen LogP) is 4.36. The lowest BCUT2D eigenvalue weighted by molar-refractivity contribution is -0.121. The van der Waals surface area contributed by atoms with Gasteiger partial charge < -0.3 is 14.4 Å². The van der Waals surface area contributed by atoms with Gasteiger partial charge in [0.15, 0.2) is 18.4 Å². The molecule has 1 amide bonds. The van der Waals surface area contributed by atoms with Crippen molar-refractivity contribution >= 4 is 29.0 Å². The number of hydrogen-bond donors (Lipinski definition) is 1. The second kappa shape index (κ2) is 7.89. The van der Waals surface area contributed by atoms with E-state index in [1.54, 1.807) is 26.8 Å². The van der Waals surface area contributed by atoms with Gasteiger partial charge in [-0.2, -0.15) is 5.26 Å². The number of benzene rings is 1. The molecular formula is C20H24F2N4O4. The molecule has 0 saturated heterocycles. The maximum Gasteiger partial charge on any atom is 0.507 e. The lowest BCUT2D eigenvalue weighted by Gasteiger charge is -2.30. The van der Waals surface area contributed by atoms with Crippen molar-refractivity contribution in [3.05, 3.63) is 23.3 Å². The van der Waals surface area contributed by atoms with E-state index in [4.69, 9.17) is 10.4 Å². The van der Waals surface area contributed by atoms with Gasteiger partial charge in [-0.1, -0.05) is 20.8 Å². The van der Waals surface area contributed by atoms with E-state index in [1.807, 2.05) is 20.8 Å². The third-order valence-corrected chi connectivity index (χ3v) is 4.13. The molecule has 0 spiro atoms. The summed E-state index contributed by atoms with van der Waals surface area (Å²) in [6.07, 6.45) is -1.62. The summed E-state index contributed by atoms with van der Waals surface area (Å²) >= 11 is 0. The molecule has 8 nitrogen and oxygen atoms in total. The number of hydrogen-bond acceptors (Lipinski definition) is 5. The van der Waals surface area contributed by atoms with Crippen LogP contribution >= 0.6 is 0 Å². The first-order valence-electron chi connectivity index (χ1n) is 9.14. The normalized spacial score (nSPS) is 12.0. The molecule has 162 valence electrons. The van der Waals surface area contributed by atoms with E-state index in [1.165, 1.54) is 4.57 Å². The zero-order chi connectivity index (χ0) is 23.0. The highest BCUT2D eigenvalue weighted by Gasteiger charge is 2.33. The summed E-state index contributed by atoms with van der Waals surface area (Å²) in [4.78, 5) is 29.0. The van der Waals surface area contributed by atoms with Gasteiger partial charge >= 0.3 is 6.16 Å². The quantitative estimate of drug-likeness (QED) is 0.579. The van der Waals surface area contributed by atoms with Crippen LogP contribution in [0.15, 0.2) is 6.07 Å². The van der Waals surface area contributed by atoms with Crippen LogP contribution in [-0.2, 0) is 15.1 Å². The number of ether oxygens (including phenoxy) is 1. The molecule has 0 aliphatic carbocycles. The van der Waals surface area contributed by atoms with E-state index >= 15 is 4.39 Å². The van der Waals surface area contributed by atoms with Crippen molar-refractivity contribution in [1.29, 1.82) is 5.26 Å². The minimum atomic E-state index is -1.62. The number of fused-ring (bicyclic) bond motifs is 1. The van der Waals surface area contributed by atoms with Crippen molar-refractivity contribution < 1.29 is 28.2 Å². The molecule has 1 heterocycles. The molecule has 1 aromatic heterocycles. The Morgan fingerprint density at radius 2 is 1.87 bits per heavy atom. The maximum atomic E-state index is 15.0. The number of nitrogens with zero attached hydrogens (tertiary/aromatic N) is 4. The highest BCUT2D eigenvalue weighted by molar-refractivity contribution is 5.94. The molecular weight excluding hydrogens is 398 g/mol. The Hall–Kier alpha value is -3.22. The molecule has 0 bridgehead atoms. The molecule has 1 aromatic carbocycles. The molecule has 0 fully saturated rings. The van der Waals surface area contributed by atoms with Crippen LogP contribution in [0.3, 0.4) is 0 Å². The second-order valence-electron chi connectivity index (χ2n) is 9.05. The molecule has 0 saturated carbocycles. The highest BCUT2D eigenvalue weighted by atomic mass is 19.1. The van der Waals surface area contributed by atoms with Crippen LogP contribution in [0.1, 0.15) is 53.5 Å². The van der Waals surface area contributed by atoms with Crippen molar-refractivity contribution in [1.82, 2.24) is 9.55 Å². The van der Waals surface area contributed by atoms with Crippen LogP contribution in [0.5, 0.6) is 0 Å². The van der Waals surface area contributed by atoms with Crippen molar-refractivity contribution in [2.24, 2.45) is 5.41 Å². The third kappa shape index (κ3) is 4.67. The lowest BCUT2D eigenvalue weighted by Crippen LogP contribution is -2.40.